The summed E-state index contributed by atoms with van der Waals surface area (Å²) in [4.78, 5) is 0. The molecule has 0 saturated carbocycles. The van der Waals surface area contributed by atoms with E-state index in [1.807, 2.05) is 12.1 Å². The van der Waals surface area contributed by atoms with E-state index in [1.54, 1.807) is 0 Å². The van der Waals surface area contributed by atoms with Gasteiger partial charge in [-0.05, 0) is 78.7 Å². The summed E-state index contributed by atoms with van der Waals surface area (Å²) in [5.41, 5.74) is 4.87. The fourth-order valence-corrected chi connectivity index (χ4v) is 5.83. The molecule has 0 unspecified atom stereocenters. The van der Waals surface area contributed by atoms with Gasteiger partial charge in [0.25, 0.3) is 0 Å². The van der Waals surface area contributed by atoms with Crippen molar-refractivity contribution >= 4 is 43.1 Å². The molecule has 1 heteroatoms. The van der Waals surface area contributed by atoms with Gasteiger partial charge in [0.05, 0.1) is 0 Å². The first-order valence-electron chi connectivity index (χ1n) is 12.0. The topological polar surface area (TPSA) is 9.23 Å². The van der Waals surface area contributed by atoms with E-state index >= 15 is 0 Å². The van der Waals surface area contributed by atoms with Crippen LogP contribution in [0, 0.1) is 0 Å². The zero-order chi connectivity index (χ0) is 22.9. The molecule has 1 nitrogen and oxygen atoms in total. The van der Waals surface area contributed by atoms with Crippen LogP contribution >= 0.6 is 0 Å². The lowest BCUT2D eigenvalue weighted by Crippen LogP contribution is -1.97. The SMILES string of the molecule is c1ccc2c(c1)Oc1ccc(-c3cccc4cc5ccc6ccccc6c5cc34)c3cccc-2c13. The molecule has 1 aliphatic rings. The van der Waals surface area contributed by atoms with Crippen LogP contribution < -0.4 is 4.74 Å². The monoisotopic (exact) mass is 444 g/mol. The van der Waals surface area contributed by atoms with Gasteiger partial charge in [0, 0.05) is 10.9 Å². The summed E-state index contributed by atoms with van der Waals surface area (Å²) in [6.07, 6.45) is 0. The lowest BCUT2D eigenvalue weighted by molar-refractivity contribution is 0.487. The van der Waals surface area contributed by atoms with Gasteiger partial charge in [0.2, 0.25) is 0 Å². The van der Waals surface area contributed by atoms with Crippen LogP contribution in [0.3, 0.4) is 0 Å². The first-order valence-corrected chi connectivity index (χ1v) is 12.0. The summed E-state index contributed by atoms with van der Waals surface area (Å²) < 4.78 is 6.33. The lowest BCUT2D eigenvalue weighted by atomic mass is 9.88. The third kappa shape index (κ3) is 2.64. The molecule has 7 aromatic rings. The highest BCUT2D eigenvalue weighted by atomic mass is 16.5. The van der Waals surface area contributed by atoms with Gasteiger partial charge in [0.1, 0.15) is 11.5 Å². The summed E-state index contributed by atoms with van der Waals surface area (Å²) in [5.74, 6) is 1.85. The van der Waals surface area contributed by atoms with Gasteiger partial charge in [0.15, 0.2) is 0 Å². The zero-order valence-electron chi connectivity index (χ0n) is 19.0. The molecule has 162 valence electrons. The molecule has 0 spiro atoms. The van der Waals surface area contributed by atoms with Crippen molar-refractivity contribution in [2.75, 3.05) is 0 Å². The molecule has 35 heavy (non-hydrogen) atoms. The molecule has 0 saturated heterocycles. The average Bonchev–Trinajstić information content (AvgIpc) is 2.92. The van der Waals surface area contributed by atoms with Crippen LogP contribution in [0.1, 0.15) is 0 Å². The van der Waals surface area contributed by atoms with Crippen LogP contribution in [0.15, 0.2) is 121 Å². The fraction of sp³-hybridized carbons (Fsp3) is 0. The summed E-state index contributed by atoms with van der Waals surface area (Å²) in [6.45, 7) is 0. The van der Waals surface area contributed by atoms with Gasteiger partial charge in [-0.25, -0.2) is 0 Å². The van der Waals surface area contributed by atoms with E-state index in [-0.39, 0.29) is 0 Å². The van der Waals surface area contributed by atoms with E-state index in [1.165, 1.54) is 59.8 Å². The number of ether oxygens (including phenoxy) is 1. The molecule has 1 heterocycles. The van der Waals surface area contributed by atoms with Crippen molar-refractivity contribution in [3.63, 3.8) is 0 Å². The Balaban J connectivity index is 1.46. The number of benzene rings is 7. The Morgan fingerprint density at radius 2 is 1.03 bits per heavy atom. The number of rotatable bonds is 1. The summed E-state index contributed by atoms with van der Waals surface area (Å²) in [7, 11) is 0. The van der Waals surface area contributed by atoms with Gasteiger partial charge in [-0.1, -0.05) is 97.1 Å². The second-order valence-corrected chi connectivity index (χ2v) is 9.32. The zero-order valence-corrected chi connectivity index (χ0v) is 19.0. The quantitative estimate of drug-likeness (QED) is 0.181. The molecule has 0 N–H and O–H groups in total. The Labute approximate surface area is 202 Å². The molecule has 0 amide bonds. The van der Waals surface area contributed by atoms with E-state index in [9.17, 15) is 0 Å². The van der Waals surface area contributed by atoms with Crippen LogP contribution in [-0.4, -0.2) is 0 Å². The smallest absolute Gasteiger partial charge is 0.135 e. The molecule has 8 rings (SSSR count). The molecule has 7 aromatic carbocycles. The van der Waals surface area contributed by atoms with Crippen molar-refractivity contribution in [2.45, 2.75) is 0 Å². The predicted octanol–water partition coefficient (Wildman–Crippen LogP) is 9.74. The van der Waals surface area contributed by atoms with Gasteiger partial charge >= 0.3 is 0 Å². The molecule has 0 atom stereocenters. The van der Waals surface area contributed by atoms with E-state index in [0.717, 1.165) is 17.1 Å². The second kappa shape index (κ2) is 6.94. The van der Waals surface area contributed by atoms with Crippen LogP contribution in [0.25, 0.3) is 65.3 Å². The number of para-hydroxylation sites is 1. The van der Waals surface area contributed by atoms with E-state index in [4.69, 9.17) is 4.74 Å². The third-order valence-electron chi connectivity index (χ3n) is 7.43. The number of hydrogen-bond acceptors (Lipinski definition) is 1. The van der Waals surface area contributed by atoms with Crippen LogP contribution in [-0.2, 0) is 0 Å². The minimum Gasteiger partial charge on any atom is -0.456 e. The molecule has 0 bridgehead atoms. The van der Waals surface area contributed by atoms with Crippen LogP contribution in [0.5, 0.6) is 11.5 Å². The second-order valence-electron chi connectivity index (χ2n) is 9.32. The average molecular weight is 445 g/mol. The van der Waals surface area contributed by atoms with Crippen LogP contribution in [0.4, 0.5) is 0 Å². The third-order valence-corrected chi connectivity index (χ3v) is 7.43. The summed E-state index contributed by atoms with van der Waals surface area (Å²) >= 11 is 0. The summed E-state index contributed by atoms with van der Waals surface area (Å²) in [6, 6.07) is 43.7. The molecule has 1 aliphatic heterocycles. The number of fused-ring (bicyclic) bond motifs is 6. The highest BCUT2D eigenvalue weighted by Gasteiger charge is 2.21. The van der Waals surface area contributed by atoms with E-state index in [0.29, 0.717) is 0 Å². The molecular weight excluding hydrogens is 424 g/mol. The minimum atomic E-state index is 0.920. The van der Waals surface area contributed by atoms with Crippen molar-refractivity contribution in [1.82, 2.24) is 0 Å². The normalized spacial score (nSPS) is 12.2. The van der Waals surface area contributed by atoms with Gasteiger partial charge < -0.3 is 4.74 Å². The van der Waals surface area contributed by atoms with Crippen molar-refractivity contribution in [3.8, 4) is 33.8 Å². The minimum absolute atomic E-state index is 0.920. The van der Waals surface area contributed by atoms with Gasteiger partial charge in [-0.3, -0.25) is 0 Å². The Kier molecular flexibility index (Phi) is 3.72. The Morgan fingerprint density at radius 1 is 0.343 bits per heavy atom. The lowest BCUT2D eigenvalue weighted by Gasteiger charge is -2.22. The van der Waals surface area contributed by atoms with E-state index in [2.05, 4.69) is 109 Å². The molecule has 0 aromatic heterocycles. The highest BCUT2D eigenvalue weighted by Crippen LogP contribution is 2.49. The molecule has 0 aliphatic carbocycles. The Morgan fingerprint density at radius 3 is 2.03 bits per heavy atom. The standard InChI is InChI=1S/C34H20O/c1-2-9-24-21(7-1)15-16-23-19-22-8-5-11-25(31(22)20-30(23)24)26-17-18-33-34-28(26)12-6-13-29(34)27-10-3-4-14-32(27)35-33/h1-20H. The van der Waals surface area contributed by atoms with E-state index < -0.39 is 0 Å². The van der Waals surface area contributed by atoms with Crippen molar-refractivity contribution in [2.24, 2.45) is 0 Å². The first kappa shape index (κ1) is 18.8. The molecular formula is C34H20O. The Hall–Kier alpha value is -4.62. The number of hydrogen-bond donors (Lipinski definition) is 0. The molecule has 0 radical (unpaired) electrons. The predicted molar refractivity (Wildman–Crippen MR) is 147 cm³/mol. The maximum absolute atomic E-state index is 6.33. The van der Waals surface area contributed by atoms with Crippen molar-refractivity contribution < 1.29 is 4.74 Å². The summed E-state index contributed by atoms with van der Waals surface area (Å²) in [5, 5.41) is 10.1. The first-order chi connectivity index (χ1) is 17.3. The van der Waals surface area contributed by atoms with Crippen molar-refractivity contribution in [1.29, 1.82) is 0 Å². The highest BCUT2D eigenvalue weighted by molar-refractivity contribution is 6.17. The molecule has 0 fully saturated rings. The van der Waals surface area contributed by atoms with Gasteiger partial charge in [-0.2, -0.15) is 0 Å². The Bertz CT molecular complexity index is 1980. The largest absolute Gasteiger partial charge is 0.456 e. The van der Waals surface area contributed by atoms with Crippen LogP contribution in [0.2, 0.25) is 0 Å². The van der Waals surface area contributed by atoms with Gasteiger partial charge in [-0.15, -0.1) is 0 Å². The maximum atomic E-state index is 6.33. The fourth-order valence-electron chi connectivity index (χ4n) is 5.83. The maximum Gasteiger partial charge on any atom is 0.135 e. The van der Waals surface area contributed by atoms with Crippen molar-refractivity contribution in [3.05, 3.63) is 121 Å².